The molecule has 18 heavy (non-hydrogen) atoms. The van der Waals surface area contributed by atoms with Gasteiger partial charge in [0.2, 0.25) is 5.91 Å². The van der Waals surface area contributed by atoms with Crippen molar-refractivity contribution in [1.82, 2.24) is 4.90 Å². The van der Waals surface area contributed by atoms with Crippen LogP contribution >= 0.6 is 39.7 Å². The Hall–Kier alpha value is -0.360. The van der Waals surface area contributed by atoms with Gasteiger partial charge in [0.25, 0.3) is 0 Å². The maximum absolute atomic E-state index is 11.9. The summed E-state index contributed by atoms with van der Waals surface area (Å²) in [6, 6.07) is 2.00. The van der Waals surface area contributed by atoms with E-state index in [1.807, 2.05) is 22.4 Å². The monoisotopic (exact) mass is 350 g/mol. The Morgan fingerprint density at radius 3 is 3.00 bits per heavy atom. The summed E-state index contributed by atoms with van der Waals surface area (Å²) in [5.74, 6) is 0.564. The number of carbonyl (C=O) groups is 1. The van der Waals surface area contributed by atoms with Gasteiger partial charge in [0.05, 0.1) is 0 Å². The summed E-state index contributed by atoms with van der Waals surface area (Å²) in [4.78, 5) is 14.8. The van der Waals surface area contributed by atoms with Gasteiger partial charge >= 0.3 is 0 Å². The van der Waals surface area contributed by atoms with Gasteiger partial charge in [-0.15, -0.1) is 23.7 Å². The van der Waals surface area contributed by atoms with Crippen LogP contribution in [0.1, 0.15) is 11.3 Å². The zero-order valence-electron chi connectivity index (χ0n) is 9.84. The van der Waals surface area contributed by atoms with Crippen molar-refractivity contribution in [2.45, 2.75) is 6.42 Å². The van der Waals surface area contributed by atoms with E-state index in [9.17, 15) is 4.79 Å². The summed E-state index contributed by atoms with van der Waals surface area (Å²) >= 11 is 5.00. The van der Waals surface area contributed by atoms with E-state index in [2.05, 4.69) is 15.9 Å². The lowest BCUT2D eigenvalue weighted by Gasteiger charge is -2.13. The van der Waals surface area contributed by atoms with Crippen LogP contribution < -0.4 is 5.73 Å². The Morgan fingerprint density at radius 1 is 1.67 bits per heavy atom. The Morgan fingerprint density at radius 2 is 2.44 bits per heavy atom. The van der Waals surface area contributed by atoms with Crippen molar-refractivity contribution in [2.24, 2.45) is 11.7 Å². The smallest absolute Gasteiger partial charge is 0.246 e. The van der Waals surface area contributed by atoms with Crippen LogP contribution in [0.15, 0.2) is 22.0 Å². The van der Waals surface area contributed by atoms with Gasteiger partial charge in [-0.2, -0.15) is 0 Å². The molecule has 2 N–H and O–H groups in total. The van der Waals surface area contributed by atoms with Crippen molar-refractivity contribution < 1.29 is 4.79 Å². The van der Waals surface area contributed by atoms with Crippen molar-refractivity contribution in [2.75, 3.05) is 19.6 Å². The number of carbonyl (C=O) groups excluding carboxylic acids is 1. The molecule has 0 bridgehead atoms. The number of hydrogen-bond donors (Lipinski definition) is 1. The molecule has 1 aromatic rings. The third-order valence-electron chi connectivity index (χ3n) is 2.91. The van der Waals surface area contributed by atoms with Crippen LogP contribution in [-0.4, -0.2) is 30.4 Å². The van der Waals surface area contributed by atoms with Gasteiger partial charge in [0.15, 0.2) is 0 Å². The maximum Gasteiger partial charge on any atom is 0.246 e. The van der Waals surface area contributed by atoms with Gasteiger partial charge in [-0.05, 0) is 47.0 Å². The number of likely N-dealkylation sites (tertiary alicyclic amines) is 1. The Labute approximate surface area is 126 Å². The van der Waals surface area contributed by atoms with Crippen LogP contribution in [0.25, 0.3) is 6.08 Å². The highest BCUT2D eigenvalue weighted by Gasteiger charge is 2.23. The molecule has 1 atom stereocenters. The number of halogens is 2. The zero-order valence-corrected chi connectivity index (χ0v) is 13.1. The van der Waals surface area contributed by atoms with E-state index < -0.39 is 0 Å². The van der Waals surface area contributed by atoms with Crippen LogP contribution in [0.4, 0.5) is 0 Å². The SMILES string of the molecule is Cl.NCC1CCN(C(=O)C=Cc2cc(Br)cs2)C1. The second kappa shape index (κ2) is 7.28. The lowest BCUT2D eigenvalue weighted by atomic mass is 10.1. The number of rotatable bonds is 3. The van der Waals surface area contributed by atoms with E-state index in [0.717, 1.165) is 28.9 Å². The molecule has 0 spiro atoms. The lowest BCUT2D eigenvalue weighted by molar-refractivity contribution is -0.125. The Kier molecular flexibility index (Phi) is 6.35. The minimum Gasteiger partial charge on any atom is -0.339 e. The van der Waals surface area contributed by atoms with E-state index in [0.29, 0.717) is 12.5 Å². The third kappa shape index (κ3) is 4.09. The average Bonchev–Trinajstić information content (AvgIpc) is 2.94. The fraction of sp³-hybridized carbons (Fsp3) is 0.417. The number of nitrogens with zero attached hydrogens (tertiary/aromatic N) is 1. The molecule has 0 aromatic carbocycles. The van der Waals surface area contributed by atoms with Gasteiger partial charge in [-0.25, -0.2) is 0 Å². The zero-order chi connectivity index (χ0) is 12.3. The number of nitrogens with two attached hydrogens (primary N) is 1. The minimum atomic E-state index is 0. The summed E-state index contributed by atoms with van der Waals surface area (Å²) in [5, 5.41) is 2.00. The molecule has 1 amide bonds. The highest BCUT2D eigenvalue weighted by atomic mass is 79.9. The number of thiophene rings is 1. The topological polar surface area (TPSA) is 46.3 Å². The van der Waals surface area contributed by atoms with E-state index in [4.69, 9.17) is 5.73 Å². The second-order valence-electron chi connectivity index (χ2n) is 4.18. The predicted molar refractivity (Wildman–Crippen MR) is 82.0 cm³/mol. The molecule has 1 saturated heterocycles. The molecule has 1 aromatic heterocycles. The average molecular weight is 352 g/mol. The standard InChI is InChI=1S/C12H15BrN2OS.ClH/c13-10-5-11(17-8-10)1-2-12(16)15-4-3-9(6-14)7-15;/h1-2,5,8-9H,3-4,6-7,14H2;1H. The van der Waals surface area contributed by atoms with Crippen LogP contribution in [0, 0.1) is 5.92 Å². The molecule has 0 aliphatic carbocycles. The van der Waals surface area contributed by atoms with Crippen LogP contribution in [-0.2, 0) is 4.79 Å². The summed E-state index contributed by atoms with van der Waals surface area (Å²) in [5.41, 5.74) is 5.60. The van der Waals surface area contributed by atoms with E-state index in [1.165, 1.54) is 0 Å². The normalized spacial score (nSPS) is 19.2. The molecule has 1 fully saturated rings. The molecule has 1 unspecified atom stereocenters. The first-order chi connectivity index (χ1) is 8.19. The number of amides is 1. The van der Waals surface area contributed by atoms with E-state index in [-0.39, 0.29) is 18.3 Å². The molecule has 100 valence electrons. The highest BCUT2D eigenvalue weighted by Crippen LogP contribution is 2.21. The second-order valence-corrected chi connectivity index (χ2v) is 6.03. The first kappa shape index (κ1) is 15.7. The predicted octanol–water partition coefficient (Wildman–Crippen LogP) is 2.75. The van der Waals surface area contributed by atoms with Crippen LogP contribution in [0.3, 0.4) is 0 Å². The molecular weight excluding hydrogens is 336 g/mol. The van der Waals surface area contributed by atoms with Gasteiger partial charge in [-0.3, -0.25) is 4.79 Å². The molecule has 2 heterocycles. The minimum absolute atomic E-state index is 0. The van der Waals surface area contributed by atoms with Gasteiger partial charge in [0.1, 0.15) is 0 Å². The lowest BCUT2D eigenvalue weighted by Crippen LogP contribution is -2.28. The van der Waals surface area contributed by atoms with Gasteiger partial charge in [-0.1, -0.05) is 0 Å². The molecule has 3 nitrogen and oxygen atoms in total. The molecule has 0 radical (unpaired) electrons. The fourth-order valence-electron chi connectivity index (χ4n) is 1.90. The van der Waals surface area contributed by atoms with E-state index >= 15 is 0 Å². The number of hydrogen-bond acceptors (Lipinski definition) is 3. The molecule has 0 saturated carbocycles. The van der Waals surface area contributed by atoms with Crippen LogP contribution in [0.2, 0.25) is 0 Å². The Bertz CT molecular complexity index is 435. The molecule has 2 rings (SSSR count). The first-order valence-corrected chi connectivity index (χ1v) is 7.27. The van der Waals surface area contributed by atoms with Crippen molar-refractivity contribution in [3.63, 3.8) is 0 Å². The highest BCUT2D eigenvalue weighted by molar-refractivity contribution is 9.10. The van der Waals surface area contributed by atoms with Crippen molar-refractivity contribution in [3.05, 3.63) is 26.9 Å². The quantitative estimate of drug-likeness (QED) is 0.851. The van der Waals surface area contributed by atoms with Crippen molar-refractivity contribution in [3.8, 4) is 0 Å². The molecule has 1 aliphatic heterocycles. The molecule has 6 heteroatoms. The maximum atomic E-state index is 11.9. The molecule has 1 aliphatic rings. The largest absolute Gasteiger partial charge is 0.339 e. The summed E-state index contributed by atoms with van der Waals surface area (Å²) in [6.07, 6.45) is 4.55. The van der Waals surface area contributed by atoms with E-state index in [1.54, 1.807) is 17.4 Å². The fourth-order valence-corrected chi connectivity index (χ4v) is 3.24. The summed E-state index contributed by atoms with van der Waals surface area (Å²) in [7, 11) is 0. The van der Waals surface area contributed by atoms with Gasteiger partial charge in [0, 0.05) is 33.9 Å². The third-order valence-corrected chi connectivity index (χ3v) is 4.57. The first-order valence-electron chi connectivity index (χ1n) is 5.60. The van der Waals surface area contributed by atoms with Crippen molar-refractivity contribution in [1.29, 1.82) is 0 Å². The summed E-state index contributed by atoms with van der Waals surface area (Å²) < 4.78 is 1.05. The Balaban J connectivity index is 0.00000162. The summed E-state index contributed by atoms with van der Waals surface area (Å²) in [6.45, 7) is 2.30. The molecular formula is C12H16BrClN2OS. The van der Waals surface area contributed by atoms with Crippen LogP contribution in [0.5, 0.6) is 0 Å². The van der Waals surface area contributed by atoms with Gasteiger partial charge < -0.3 is 10.6 Å². The van der Waals surface area contributed by atoms with Crippen molar-refractivity contribution >= 4 is 51.7 Å².